The smallest absolute Gasteiger partial charge is 0.315 e. The Hall–Kier alpha value is -4.98. The number of aliphatic carboxylic acids is 1. The quantitative estimate of drug-likeness (QED) is 0.213. The summed E-state index contributed by atoms with van der Waals surface area (Å²) < 4.78 is 28.3. The van der Waals surface area contributed by atoms with Crippen LogP contribution < -0.4 is 23.7 Å². The van der Waals surface area contributed by atoms with Crippen LogP contribution >= 0.6 is 0 Å². The summed E-state index contributed by atoms with van der Waals surface area (Å²) >= 11 is 0. The molecule has 1 saturated carbocycles. The van der Waals surface area contributed by atoms with Crippen molar-refractivity contribution < 1.29 is 38.4 Å². The number of carboxylic acid groups (broad SMARTS) is 1. The van der Waals surface area contributed by atoms with Crippen LogP contribution in [0, 0.1) is 11.8 Å². The average Bonchev–Trinajstić information content (AvgIpc) is 3.45. The van der Waals surface area contributed by atoms with Gasteiger partial charge in [0.15, 0.2) is 11.5 Å². The molecule has 8 heteroatoms. The minimum atomic E-state index is -1.01. The fourth-order valence-electron chi connectivity index (χ4n) is 6.04. The molecule has 1 heterocycles. The molecule has 2 aliphatic rings. The van der Waals surface area contributed by atoms with E-state index in [9.17, 15) is 14.7 Å². The lowest BCUT2D eigenvalue weighted by atomic mass is 9.52. The van der Waals surface area contributed by atoms with E-state index in [1.807, 2.05) is 54.6 Å². The van der Waals surface area contributed by atoms with Gasteiger partial charge in [-0.15, -0.1) is 0 Å². The predicted molar refractivity (Wildman–Crippen MR) is 150 cm³/mol. The zero-order valence-electron chi connectivity index (χ0n) is 22.5. The molecule has 4 atom stereocenters. The second-order valence-corrected chi connectivity index (χ2v) is 9.91. The summed E-state index contributed by atoms with van der Waals surface area (Å²) in [7, 11) is 3.06. The number of fused-ring (bicyclic) bond motifs is 1. The Bertz CT molecular complexity index is 1560. The molecule has 1 aliphatic heterocycles. The highest BCUT2D eigenvalue weighted by Crippen LogP contribution is 2.60. The molecule has 208 valence electrons. The molecule has 8 nitrogen and oxygen atoms in total. The van der Waals surface area contributed by atoms with E-state index in [-0.39, 0.29) is 6.79 Å². The molecule has 0 amide bonds. The summed E-state index contributed by atoms with van der Waals surface area (Å²) in [5.41, 5.74) is 2.76. The molecule has 0 bridgehead atoms. The second kappa shape index (κ2) is 10.9. The average molecular weight is 553 g/mol. The maximum Gasteiger partial charge on any atom is 0.315 e. The van der Waals surface area contributed by atoms with Crippen molar-refractivity contribution in [2.45, 2.75) is 11.8 Å². The lowest BCUT2D eigenvalue weighted by molar-refractivity contribution is -0.158. The minimum Gasteiger partial charge on any atom is -0.496 e. The molecule has 4 aromatic rings. The predicted octanol–water partition coefficient (Wildman–Crippen LogP) is 5.90. The lowest BCUT2D eigenvalue weighted by Gasteiger charge is -2.49. The maximum atomic E-state index is 14.2. The van der Waals surface area contributed by atoms with Crippen molar-refractivity contribution in [2.24, 2.45) is 11.8 Å². The Balaban J connectivity index is 1.42. The van der Waals surface area contributed by atoms with E-state index in [4.69, 9.17) is 23.7 Å². The number of hydrogen-bond acceptors (Lipinski definition) is 7. The number of esters is 1. The van der Waals surface area contributed by atoms with Gasteiger partial charge in [0.25, 0.3) is 0 Å². The summed E-state index contributed by atoms with van der Waals surface area (Å²) in [6.45, 7) is 0.149. The maximum absolute atomic E-state index is 14.2. The third-order valence-corrected chi connectivity index (χ3v) is 7.88. The molecule has 4 aromatic carbocycles. The normalized spacial score (nSPS) is 20.5. The Morgan fingerprint density at radius 1 is 0.707 bits per heavy atom. The molecule has 1 aliphatic carbocycles. The number of para-hydroxylation sites is 3. The van der Waals surface area contributed by atoms with E-state index in [1.165, 1.54) is 14.2 Å². The van der Waals surface area contributed by atoms with Crippen LogP contribution in [0.1, 0.15) is 23.0 Å². The third-order valence-electron chi connectivity index (χ3n) is 7.88. The zero-order valence-corrected chi connectivity index (χ0v) is 22.5. The van der Waals surface area contributed by atoms with E-state index in [2.05, 4.69) is 0 Å². The van der Waals surface area contributed by atoms with Gasteiger partial charge in [0, 0.05) is 17.4 Å². The van der Waals surface area contributed by atoms with Gasteiger partial charge in [-0.2, -0.15) is 0 Å². The number of carbonyl (C=O) groups is 2. The zero-order chi connectivity index (χ0) is 28.5. The molecule has 6 rings (SSSR count). The fourth-order valence-corrected chi connectivity index (χ4v) is 6.04. The molecule has 0 radical (unpaired) electrons. The van der Waals surface area contributed by atoms with Crippen LogP contribution in [-0.2, 0) is 9.59 Å². The fraction of sp³-hybridized carbons (Fsp3) is 0.212. The summed E-state index contributed by atoms with van der Waals surface area (Å²) in [6, 6.07) is 27.1. The van der Waals surface area contributed by atoms with Crippen LogP contribution in [0.4, 0.5) is 0 Å². The number of ether oxygens (including phenoxy) is 5. The summed E-state index contributed by atoms with van der Waals surface area (Å²) in [4.78, 5) is 26.9. The third kappa shape index (κ3) is 4.61. The van der Waals surface area contributed by atoms with E-state index < -0.39 is 35.6 Å². The van der Waals surface area contributed by atoms with Gasteiger partial charge in [0.05, 0.1) is 26.1 Å². The number of methoxy groups -OCH3 is 2. The van der Waals surface area contributed by atoms with Crippen molar-refractivity contribution >= 4 is 11.9 Å². The van der Waals surface area contributed by atoms with Gasteiger partial charge < -0.3 is 28.8 Å². The Kier molecular flexibility index (Phi) is 6.97. The van der Waals surface area contributed by atoms with Crippen molar-refractivity contribution in [1.82, 2.24) is 0 Å². The standard InChI is InChI=1S/C33H28O8/c1-37-23-12-6-4-10-21(23)28-30(32(34)35)29(22-11-5-7-13-24(22)38-2)31(28)33(36)41-25-14-8-3-9-20(25)19-15-16-26-27(17-19)40-18-39-26/h3-17,28-31H,18H2,1-2H3,(H,34,35)/t28-,29?,30?,31-/m1/s1. The number of rotatable bonds is 8. The number of carbonyl (C=O) groups excluding carboxylic acids is 1. The number of hydrogen-bond donors (Lipinski definition) is 1. The summed E-state index contributed by atoms with van der Waals surface area (Å²) in [5.74, 6) is -2.03. The van der Waals surface area contributed by atoms with Gasteiger partial charge >= 0.3 is 11.9 Å². The van der Waals surface area contributed by atoms with Gasteiger partial charge in [0.1, 0.15) is 17.2 Å². The van der Waals surface area contributed by atoms with Crippen molar-refractivity contribution in [3.8, 4) is 39.9 Å². The molecule has 0 aromatic heterocycles. The largest absolute Gasteiger partial charge is 0.496 e. The van der Waals surface area contributed by atoms with Crippen molar-refractivity contribution in [3.63, 3.8) is 0 Å². The molecular weight excluding hydrogens is 524 g/mol. The highest BCUT2D eigenvalue weighted by atomic mass is 16.7. The van der Waals surface area contributed by atoms with Crippen molar-refractivity contribution in [1.29, 1.82) is 0 Å². The summed E-state index contributed by atoms with van der Waals surface area (Å²) in [5, 5.41) is 10.4. The van der Waals surface area contributed by atoms with Crippen LogP contribution in [0.25, 0.3) is 11.1 Å². The van der Waals surface area contributed by atoms with Gasteiger partial charge in [-0.3, -0.25) is 9.59 Å². The van der Waals surface area contributed by atoms with Gasteiger partial charge in [-0.05, 0) is 47.0 Å². The molecule has 0 saturated heterocycles. The Morgan fingerprint density at radius 3 is 1.88 bits per heavy atom. The van der Waals surface area contributed by atoms with Crippen LogP contribution in [0.3, 0.4) is 0 Å². The van der Waals surface area contributed by atoms with Crippen LogP contribution in [-0.4, -0.2) is 38.1 Å². The molecule has 41 heavy (non-hydrogen) atoms. The van der Waals surface area contributed by atoms with Crippen LogP contribution in [0.15, 0.2) is 91.0 Å². The first-order chi connectivity index (χ1) is 20.0. The van der Waals surface area contributed by atoms with Gasteiger partial charge in [0.2, 0.25) is 6.79 Å². The molecule has 1 N–H and O–H groups in total. The lowest BCUT2D eigenvalue weighted by Crippen LogP contribution is -2.52. The van der Waals surface area contributed by atoms with E-state index >= 15 is 0 Å². The monoisotopic (exact) mass is 552 g/mol. The SMILES string of the molecule is COc1ccccc1C1C(C(=O)O)[C@@H](c2ccccc2OC)[C@H]1C(=O)Oc1ccccc1-c1ccc2c(c1)OCO2. The van der Waals surface area contributed by atoms with Crippen LogP contribution in [0.5, 0.6) is 28.7 Å². The Labute approximate surface area is 237 Å². The first-order valence-corrected chi connectivity index (χ1v) is 13.2. The topological polar surface area (TPSA) is 101 Å². The van der Waals surface area contributed by atoms with E-state index in [1.54, 1.807) is 36.4 Å². The molecular formula is C33H28O8. The first kappa shape index (κ1) is 26.3. The van der Waals surface area contributed by atoms with Crippen molar-refractivity contribution in [2.75, 3.05) is 21.0 Å². The van der Waals surface area contributed by atoms with Crippen LogP contribution in [0.2, 0.25) is 0 Å². The van der Waals surface area contributed by atoms with Crippen molar-refractivity contribution in [3.05, 3.63) is 102 Å². The second-order valence-electron chi connectivity index (χ2n) is 9.91. The number of benzene rings is 4. The van der Waals surface area contributed by atoms with E-state index in [0.29, 0.717) is 45.4 Å². The van der Waals surface area contributed by atoms with Gasteiger partial charge in [-0.25, -0.2) is 0 Å². The molecule has 2 unspecified atom stereocenters. The molecule has 0 spiro atoms. The minimum absolute atomic E-state index is 0.149. The van der Waals surface area contributed by atoms with Gasteiger partial charge in [-0.1, -0.05) is 60.7 Å². The molecule has 1 fully saturated rings. The highest BCUT2D eigenvalue weighted by molar-refractivity contribution is 5.87. The Morgan fingerprint density at radius 2 is 1.27 bits per heavy atom. The summed E-state index contributed by atoms with van der Waals surface area (Å²) in [6.07, 6.45) is 0. The van der Waals surface area contributed by atoms with E-state index in [0.717, 1.165) is 5.56 Å². The highest BCUT2D eigenvalue weighted by Gasteiger charge is 2.60. The first-order valence-electron chi connectivity index (χ1n) is 13.2. The number of carboxylic acids is 1.